The van der Waals surface area contributed by atoms with Gasteiger partial charge in [0.05, 0.1) is 0 Å². The first-order valence-corrected chi connectivity index (χ1v) is 8.09. The van der Waals surface area contributed by atoms with Gasteiger partial charge in [0.15, 0.2) is 0 Å². The van der Waals surface area contributed by atoms with Crippen molar-refractivity contribution in [1.29, 1.82) is 0 Å². The minimum atomic E-state index is 0.110. The van der Waals surface area contributed by atoms with E-state index in [2.05, 4.69) is 17.5 Å². The summed E-state index contributed by atoms with van der Waals surface area (Å²) in [4.78, 5) is 0. The van der Waals surface area contributed by atoms with Gasteiger partial charge in [0.2, 0.25) is 5.96 Å². The van der Waals surface area contributed by atoms with Crippen molar-refractivity contribution in [3.8, 4) is 0 Å². The standard InChI is InChI=1S/C15H34N4/c1-2-3-4-5-6-7-8-9-10-11-12-13-14-18-19-15(16)17/h18H,2-14H2,1H3,(H4,16,17,19). The van der Waals surface area contributed by atoms with Crippen LogP contribution in [-0.2, 0) is 0 Å². The van der Waals surface area contributed by atoms with E-state index >= 15 is 0 Å². The highest BCUT2D eigenvalue weighted by Crippen LogP contribution is 2.11. The Bertz CT molecular complexity index is 200. The molecule has 0 aliphatic carbocycles. The van der Waals surface area contributed by atoms with Crippen LogP contribution in [0.4, 0.5) is 0 Å². The zero-order valence-corrected chi connectivity index (χ0v) is 12.8. The maximum Gasteiger partial charge on any atom is 0.208 e. The van der Waals surface area contributed by atoms with Crippen LogP contribution >= 0.6 is 0 Å². The predicted octanol–water partition coefficient (Wildman–Crippen LogP) is 3.47. The average Bonchev–Trinajstić information content (AvgIpc) is 2.39. The second kappa shape index (κ2) is 15.1. The number of hydrogen-bond acceptors (Lipinski definition) is 2. The molecule has 0 amide bonds. The fourth-order valence-electron chi connectivity index (χ4n) is 2.19. The number of nitrogens with zero attached hydrogens (tertiary/aromatic N) is 1. The van der Waals surface area contributed by atoms with Crippen LogP contribution in [0.1, 0.15) is 84.0 Å². The largest absolute Gasteiger partial charge is 0.369 e. The summed E-state index contributed by atoms with van der Waals surface area (Å²) in [6.07, 6.45) is 16.4. The van der Waals surface area contributed by atoms with Crippen molar-refractivity contribution in [3.63, 3.8) is 0 Å². The Labute approximate surface area is 119 Å². The van der Waals surface area contributed by atoms with Crippen molar-refractivity contribution in [2.45, 2.75) is 84.0 Å². The SMILES string of the molecule is CCCCCCCCCCCCCCNN=C(N)N. The van der Waals surface area contributed by atoms with E-state index in [-0.39, 0.29) is 5.96 Å². The quantitative estimate of drug-likeness (QED) is 0.196. The molecule has 0 rings (SSSR count). The van der Waals surface area contributed by atoms with Gasteiger partial charge in [-0.05, 0) is 6.42 Å². The van der Waals surface area contributed by atoms with Gasteiger partial charge in [-0.2, -0.15) is 0 Å². The number of rotatable bonds is 14. The van der Waals surface area contributed by atoms with Gasteiger partial charge in [0, 0.05) is 6.54 Å². The van der Waals surface area contributed by atoms with Crippen molar-refractivity contribution < 1.29 is 0 Å². The van der Waals surface area contributed by atoms with Crippen LogP contribution in [0.15, 0.2) is 5.10 Å². The second-order valence-corrected chi connectivity index (χ2v) is 5.33. The molecule has 4 heteroatoms. The molecule has 0 aliphatic rings. The number of unbranched alkanes of at least 4 members (excludes halogenated alkanes) is 11. The Morgan fingerprint density at radius 3 is 1.58 bits per heavy atom. The molecule has 0 atom stereocenters. The van der Waals surface area contributed by atoms with Gasteiger partial charge in [0.25, 0.3) is 0 Å². The van der Waals surface area contributed by atoms with Crippen molar-refractivity contribution in [1.82, 2.24) is 5.43 Å². The van der Waals surface area contributed by atoms with E-state index in [0.29, 0.717) is 0 Å². The average molecular weight is 270 g/mol. The normalized spacial score (nSPS) is 10.4. The number of hydrazone groups is 1. The molecular weight excluding hydrogens is 236 g/mol. The number of nitrogens with one attached hydrogen (secondary N) is 1. The van der Waals surface area contributed by atoms with E-state index in [1.165, 1.54) is 70.6 Å². The van der Waals surface area contributed by atoms with Gasteiger partial charge in [0.1, 0.15) is 0 Å². The molecule has 19 heavy (non-hydrogen) atoms. The molecule has 5 N–H and O–H groups in total. The molecule has 0 aromatic heterocycles. The van der Waals surface area contributed by atoms with Gasteiger partial charge in [-0.15, -0.1) is 5.10 Å². The Kier molecular flexibility index (Phi) is 14.4. The van der Waals surface area contributed by atoms with Crippen molar-refractivity contribution in [2.75, 3.05) is 6.54 Å². The summed E-state index contributed by atoms with van der Waals surface area (Å²) in [7, 11) is 0. The summed E-state index contributed by atoms with van der Waals surface area (Å²) in [6, 6.07) is 0. The van der Waals surface area contributed by atoms with Gasteiger partial charge >= 0.3 is 0 Å². The third kappa shape index (κ3) is 17.1. The topological polar surface area (TPSA) is 76.4 Å². The molecular formula is C15H34N4. The molecule has 0 aliphatic heterocycles. The highest BCUT2D eigenvalue weighted by Gasteiger charge is 1.93. The van der Waals surface area contributed by atoms with Crippen LogP contribution in [-0.4, -0.2) is 12.5 Å². The molecule has 0 spiro atoms. The molecule has 0 bridgehead atoms. The lowest BCUT2D eigenvalue weighted by Crippen LogP contribution is -2.26. The monoisotopic (exact) mass is 270 g/mol. The van der Waals surface area contributed by atoms with E-state index in [1.807, 2.05) is 0 Å². The Balaban J connectivity index is 2.97. The van der Waals surface area contributed by atoms with Gasteiger partial charge in [-0.3, -0.25) is 0 Å². The Morgan fingerprint density at radius 1 is 0.737 bits per heavy atom. The van der Waals surface area contributed by atoms with Crippen LogP contribution < -0.4 is 16.9 Å². The van der Waals surface area contributed by atoms with E-state index in [4.69, 9.17) is 11.5 Å². The lowest BCUT2D eigenvalue weighted by atomic mass is 10.1. The zero-order valence-electron chi connectivity index (χ0n) is 12.8. The van der Waals surface area contributed by atoms with E-state index in [1.54, 1.807) is 0 Å². The highest BCUT2D eigenvalue weighted by atomic mass is 15.3. The fraction of sp³-hybridized carbons (Fsp3) is 0.933. The lowest BCUT2D eigenvalue weighted by Gasteiger charge is -2.03. The van der Waals surface area contributed by atoms with Crippen LogP contribution in [0.2, 0.25) is 0 Å². The minimum Gasteiger partial charge on any atom is -0.369 e. The first-order chi connectivity index (χ1) is 9.27. The molecule has 0 saturated heterocycles. The fourth-order valence-corrected chi connectivity index (χ4v) is 2.19. The molecule has 0 heterocycles. The molecule has 0 saturated carbocycles. The molecule has 0 aromatic rings. The summed E-state index contributed by atoms with van der Waals surface area (Å²) in [5.74, 6) is 0.110. The Hall–Kier alpha value is -0.930. The summed E-state index contributed by atoms with van der Waals surface area (Å²) < 4.78 is 0. The minimum absolute atomic E-state index is 0.110. The first kappa shape index (κ1) is 18.1. The van der Waals surface area contributed by atoms with Crippen LogP contribution in [0.25, 0.3) is 0 Å². The highest BCUT2D eigenvalue weighted by molar-refractivity contribution is 5.75. The van der Waals surface area contributed by atoms with Crippen molar-refractivity contribution in [2.24, 2.45) is 16.6 Å². The summed E-state index contributed by atoms with van der Waals surface area (Å²) >= 11 is 0. The van der Waals surface area contributed by atoms with E-state index < -0.39 is 0 Å². The molecule has 0 aromatic carbocycles. The van der Waals surface area contributed by atoms with Crippen molar-refractivity contribution >= 4 is 5.96 Å². The lowest BCUT2D eigenvalue weighted by molar-refractivity contribution is 0.538. The van der Waals surface area contributed by atoms with Gasteiger partial charge in [-0.1, -0.05) is 77.6 Å². The van der Waals surface area contributed by atoms with E-state index in [0.717, 1.165) is 13.0 Å². The second-order valence-electron chi connectivity index (χ2n) is 5.33. The number of nitrogens with two attached hydrogens (primary N) is 2. The molecule has 0 radical (unpaired) electrons. The van der Waals surface area contributed by atoms with Crippen LogP contribution in [0.5, 0.6) is 0 Å². The zero-order chi connectivity index (χ0) is 14.2. The van der Waals surface area contributed by atoms with Crippen LogP contribution in [0.3, 0.4) is 0 Å². The smallest absolute Gasteiger partial charge is 0.208 e. The molecule has 114 valence electrons. The summed E-state index contributed by atoms with van der Waals surface area (Å²) in [5.41, 5.74) is 13.3. The molecule has 0 fully saturated rings. The molecule has 4 nitrogen and oxygen atoms in total. The molecule has 0 unspecified atom stereocenters. The number of guanidine groups is 1. The third-order valence-electron chi connectivity index (χ3n) is 3.35. The van der Waals surface area contributed by atoms with Crippen molar-refractivity contribution in [3.05, 3.63) is 0 Å². The van der Waals surface area contributed by atoms with E-state index in [9.17, 15) is 0 Å². The number of hydrogen-bond donors (Lipinski definition) is 3. The Morgan fingerprint density at radius 2 is 1.16 bits per heavy atom. The van der Waals surface area contributed by atoms with Gasteiger partial charge < -0.3 is 16.9 Å². The maximum absolute atomic E-state index is 5.20. The van der Waals surface area contributed by atoms with Crippen LogP contribution in [0, 0.1) is 0 Å². The summed E-state index contributed by atoms with van der Waals surface area (Å²) in [5, 5.41) is 3.74. The summed E-state index contributed by atoms with van der Waals surface area (Å²) in [6.45, 7) is 3.14. The maximum atomic E-state index is 5.20. The predicted molar refractivity (Wildman–Crippen MR) is 84.9 cm³/mol. The third-order valence-corrected chi connectivity index (χ3v) is 3.35. The van der Waals surface area contributed by atoms with Gasteiger partial charge in [-0.25, -0.2) is 0 Å². The first-order valence-electron chi connectivity index (χ1n) is 8.09.